The van der Waals surface area contributed by atoms with Crippen LogP contribution in [0.4, 0.5) is 5.69 Å². The molecular weight excluding hydrogens is 259 g/mol. The van der Waals surface area contributed by atoms with Crippen molar-refractivity contribution in [2.45, 2.75) is 0 Å². The lowest BCUT2D eigenvalue weighted by Gasteiger charge is -2.35. The van der Waals surface area contributed by atoms with E-state index >= 15 is 0 Å². The summed E-state index contributed by atoms with van der Waals surface area (Å²) in [5.74, 6) is 0. The molecule has 1 fully saturated rings. The van der Waals surface area contributed by atoms with Crippen LogP contribution in [0.5, 0.6) is 0 Å². The van der Waals surface area contributed by atoms with Gasteiger partial charge in [0.1, 0.15) is 0 Å². The van der Waals surface area contributed by atoms with Crippen LogP contribution in [0.3, 0.4) is 0 Å². The third-order valence-corrected chi connectivity index (χ3v) is 3.28. The van der Waals surface area contributed by atoms with Crippen molar-refractivity contribution < 1.29 is 4.79 Å². The van der Waals surface area contributed by atoms with Gasteiger partial charge in [0.25, 0.3) is 0 Å². The van der Waals surface area contributed by atoms with Gasteiger partial charge in [0, 0.05) is 36.9 Å². The number of hydrogen-bond acceptors (Lipinski definition) is 3. The van der Waals surface area contributed by atoms with Gasteiger partial charge in [-0.2, -0.15) is 0 Å². The first-order valence-corrected chi connectivity index (χ1v) is 6.32. The van der Waals surface area contributed by atoms with Crippen molar-refractivity contribution in [1.29, 1.82) is 0 Å². The molecule has 1 aromatic rings. The number of carbonyl (C=O) groups is 1. The minimum Gasteiger partial charge on any atom is -0.369 e. The Kier molecular flexibility index (Phi) is 4.26. The van der Waals surface area contributed by atoms with E-state index in [0.717, 1.165) is 31.2 Å². The van der Waals surface area contributed by atoms with Crippen molar-refractivity contribution in [3.8, 4) is 0 Å². The highest BCUT2D eigenvalue weighted by atomic mass is 35.5. The van der Waals surface area contributed by atoms with Crippen molar-refractivity contribution >= 4 is 34.1 Å². The molecule has 1 heterocycles. The fourth-order valence-corrected chi connectivity index (χ4v) is 2.29. The summed E-state index contributed by atoms with van der Waals surface area (Å²) in [4.78, 5) is 15.2. The molecule has 0 amide bonds. The van der Waals surface area contributed by atoms with Gasteiger partial charge in [-0.25, -0.2) is 0 Å². The molecule has 1 aromatic carbocycles. The van der Waals surface area contributed by atoms with Gasteiger partial charge in [-0.15, -0.1) is 0 Å². The standard InChI is InChI=1S/C12H14Cl2N2O/c13-10-1-3-11(4-2-10)16-7-5-15(6-8-16)9-12(14)17/h1-4H,5-9H2. The Hall–Kier alpha value is -0.770. The average molecular weight is 273 g/mol. The van der Waals surface area contributed by atoms with Crippen LogP contribution in [0, 0.1) is 0 Å². The highest BCUT2D eigenvalue weighted by Gasteiger charge is 2.18. The van der Waals surface area contributed by atoms with Crippen LogP contribution >= 0.6 is 23.2 Å². The second-order valence-corrected chi connectivity index (χ2v) is 4.95. The molecule has 1 aliphatic heterocycles. The molecule has 1 saturated heterocycles. The minimum atomic E-state index is -0.287. The maximum atomic E-state index is 10.8. The smallest absolute Gasteiger partial charge is 0.235 e. The molecule has 0 aromatic heterocycles. The molecule has 0 atom stereocenters. The number of carbonyl (C=O) groups excluding carboxylic acids is 1. The van der Waals surface area contributed by atoms with Gasteiger partial charge >= 0.3 is 0 Å². The summed E-state index contributed by atoms with van der Waals surface area (Å²) in [6.07, 6.45) is 0. The van der Waals surface area contributed by atoms with Crippen molar-refractivity contribution in [3.05, 3.63) is 29.3 Å². The number of piperazine rings is 1. The molecule has 5 heteroatoms. The van der Waals surface area contributed by atoms with E-state index in [0.29, 0.717) is 6.54 Å². The van der Waals surface area contributed by atoms with Gasteiger partial charge in [0.15, 0.2) is 0 Å². The van der Waals surface area contributed by atoms with Crippen LogP contribution in [0.15, 0.2) is 24.3 Å². The molecule has 0 aliphatic carbocycles. The molecule has 0 bridgehead atoms. The van der Waals surface area contributed by atoms with Crippen LogP contribution in [0.1, 0.15) is 0 Å². The summed E-state index contributed by atoms with van der Waals surface area (Å²) in [5, 5.41) is 0.463. The Morgan fingerprint density at radius 3 is 2.24 bits per heavy atom. The molecule has 0 saturated carbocycles. The first kappa shape index (κ1) is 12.7. The van der Waals surface area contributed by atoms with Gasteiger partial charge in [0.2, 0.25) is 5.24 Å². The zero-order valence-corrected chi connectivity index (χ0v) is 10.9. The predicted octanol–water partition coefficient (Wildman–Crippen LogP) is 2.23. The third kappa shape index (κ3) is 3.60. The first-order valence-electron chi connectivity index (χ1n) is 5.56. The largest absolute Gasteiger partial charge is 0.369 e. The zero-order valence-electron chi connectivity index (χ0n) is 9.40. The number of halogens is 2. The second kappa shape index (κ2) is 5.71. The summed E-state index contributed by atoms with van der Waals surface area (Å²) < 4.78 is 0. The van der Waals surface area contributed by atoms with Crippen molar-refractivity contribution in [2.24, 2.45) is 0 Å². The molecule has 92 valence electrons. The van der Waals surface area contributed by atoms with Gasteiger partial charge in [-0.3, -0.25) is 9.69 Å². The van der Waals surface area contributed by atoms with E-state index in [-0.39, 0.29) is 5.24 Å². The number of nitrogens with zero attached hydrogens (tertiary/aromatic N) is 2. The Bertz CT molecular complexity index is 386. The van der Waals surface area contributed by atoms with E-state index in [2.05, 4.69) is 9.80 Å². The van der Waals surface area contributed by atoms with Crippen molar-refractivity contribution in [1.82, 2.24) is 4.90 Å². The van der Waals surface area contributed by atoms with Crippen molar-refractivity contribution in [3.63, 3.8) is 0 Å². The number of rotatable bonds is 3. The fraction of sp³-hybridized carbons (Fsp3) is 0.417. The van der Waals surface area contributed by atoms with E-state index < -0.39 is 0 Å². The number of hydrogen-bond donors (Lipinski definition) is 0. The quantitative estimate of drug-likeness (QED) is 0.789. The molecule has 0 radical (unpaired) electrons. The Labute approximate surface area is 111 Å². The van der Waals surface area contributed by atoms with E-state index in [1.807, 2.05) is 24.3 Å². The molecule has 1 aliphatic rings. The molecule has 2 rings (SSSR count). The molecule has 0 N–H and O–H groups in total. The third-order valence-electron chi connectivity index (χ3n) is 2.91. The Balaban J connectivity index is 1.90. The number of anilines is 1. The van der Waals surface area contributed by atoms with E-state index in [1.54, 1.807) is 0 Å². The summed E-state index contributed by atoms with van der Waals surface area (Å²) in [6.45, 7) is 3.88. The highest BCUT2D eigenvalue weighted by Crippen LogP contribution is 2.19. The monoisotopic (exact) mass is 272 g/mol. The molecule has 17 heavy (non-hydrogen) atoms. The van der Waals surface area contributed by atoms with Crippen LogP contribution in [0.25, 0.3) is 0 Å². The van der Waals surface area contributed by atoms with Gasteiger partial charge in [0.05, 0.1) is 6.54 Å². The summed E-state index contributed by atoms with van der Waals surface area (Å²) in [5.41, 5.74) is 1.17. The Morgan fingerprint density at radius 2 is 1.71 bits per heavy atom. The zero-order chi connectivity index (χ0) is 12.3. The number of benzene rings is 1. The maximum absolute atomic E-state index is 10.8. The van der Waals surface area contributed by atoms with Crippen LogP contribution in [0.2, 0.25) is 5.02 Å². The highest BCUT2D eigenvalue weighted by molar-refractivity contribution is 6.64. The van der Waals surface area contributed by atoms with Crippen LogP contribution < -0.4 is 4.90 Å². The summed E-state index contributed by atoms with van der Waals surface area (Å²) >= 11 is 11.2. The minimum absolute atomic E-state index is 0.287. The molecular formula is C12H14Cl2N2O. The van der Waals surface area contributed by atoms with Crippen LogP contribution in [-0.4, -0.2) is 42.9 Å². The first-order chi connectivity index (χ1) is 8.15. The Morgan fingerprint density at radius 1 is 1.12 bits per heavy atom. The predicted molar refractivity (Wildman–Crippen MR) is 71.0 cm³/mol. The molecule has 3 nitrogen and oxygen atoms in total. The summed E-state index contributed by atoms with van der Waals surface area (Å²) in [6, 6.07) is 7.83. The normalized spacial score (nSPS) is 17.2. The van der Waals surface area contributed by atoms with Crippen LogP contribution in [-0.2, 0) is 4.79 Å². The van der Waals surface area contributed by atoms with E-state index in [4.69, 9.17) is 23.2 Å². The second-order valence-electron chi connectivity index (χ2n) is 4.09. The molecule has 0 unspecified atom stereocenters. The fourth-order valence-electron chi connectivity index (χ4n) is 1.99. The lowest BCUT2D eigenvalue weighted by Crippen LogP contribution is -2.47. The lowest BCUT2D eigenvalue weighted by atomic mass is 10.2. The lowest BCUT2D eigenvalue weighted by molar-refractivity contribution is -0.112. The van der Waals surface area contributed by atoms with Gasteiger partial charge in [-0.1, -0.05) is 11.6 Å². The maximum Gasteiger partial charge on any atom is 0.235 e. The van der Waals surface area contributed by atoms with E-state index in [9.17, 15) is 4.79 Å². The average Bonchev–Trinajstić information content (AvgIpc) is 2.30. The SMILES string of the molecule is O=C(Cl)CN1CCN(c2ccc(Cl)cc2)CC1. The van der Waals surface area contributed by atoms with Gasteiger partial charge < -0.3 is 4.90 Å². The van der Waals surface area contributed by atoms with Gasteiger partial charge in [-0.05, 0) is 35.9 Å². The topological polar surface area (TPSA) is 23.6 Å². The van der Waals surface area contributed by atoms with Crippen molar-refractivity contribution in [2.75, 3.05) is 37.6 Å². The summed E-state index contributed by atoms with van der Waals surface area (Å²) in [7, 11) is 0. The molecule has 0 spiro atoms. The van der Waals surface area contributed by atoms with E-state index in [1.165, 1.54) is 5.69 Å².